The molecule has 0 fully saturated rings. The Balaban J connectivity index is 1.76. The third-order valence-electron chi connectivity index (χ3n) is 2.51. The Hall–Kier alpha value is -0.930. The second kappa shape index (κ2) is 6.86. The van der Waals surface area contributed by atoms with Crippen LogP contribution in [-0.2, 0) is 0 Å². The predicted molar refractivity (Wildman–Crippen MR) is 84.5 cm³/mol. The third-order valence-corrected chi connectivity index (χ3v) is 4.00. The van der Waals surface area contributed by atoms with Gasteiger partial charge in [0.2, 0.25) is 0 Å². The van der Waals surface area contributed by atoms with Gasteiger partial charge in [-0.15, -0.1) is 11.8 Å². The van der Waals surface area contributed by atoms with Gasteiger partial charge in [-0.1, -0.05) is 39.7 Å². The quantitative estimate of drug-likeness (QED) is 0.617. The van der Waals surface area contributed by atoms with Crippen molar-refractivity contribution in [2.45, 2.75) is 11.8 Å². The van der Waals surface area contributed by atoms with Crippen molar-refractivity contribution in [3.63, 3.8) is 0 Å². The molecule has 0 amide bonds. The molecule has 1 N–H and O–H groups in total. The predicted octanol–water partition coefficient (Wildman–Crippen LogP) is 4.96. The highest BCUT2D eigenvalue weighted by Gasteiger charge is 1.95. The van der Waals surface area contributed by atoms with Crippen LogP contribution >= 0.6 is 27.7 Å². The minimum absolute atomic E-state index is 0.967. The first-order valence-electron chi connectivity index (χ1n) is 5.93. The van der Waals surface area contributed by atoms with Gasteiger partial charge < -0.3 is 5.32 Å². The van der Waals surface area contributed by atoms with Gasteiger partial charge in [-0.25, -0.2) is 0 Å². The van der Waals surface area contributed by atoms with E-state index in [2.05, 4.69) is 64.6 Å². The van der Waals surface area contributed by atoms with Crippen LogP contribution in [0.4, 0.5) is 5.69 Å². The van der Waals surface area contributed by atoms with Gasteiger partial charge in [0.25, 0.3) is 0 Å². The number of nitrogens with one attached hydrogen (secondary N) is 1. The Bertz CT molecular complexity index is 466. The number of aryl methyl sites for hydroxylation is 1. The molecule has 0 unspecified atom stereocenters. The van der Waals surface area contributed by atoms with Crippen LogP contribution in [0.2, 0.25) is 0 Å². The zero-order valence-corrected chi connectivity index (χ0v) is 12.7. The zero-order chi connectivity index (χ0) is 12.8. The first kappa shape index (κ1) is 13.5. The molecular formula is C15H16BrNS. The lowest BCUT2D eigenvalue weighted by Gasteiger charge is -2.07. The molecule has 2 aromatic carbocycles. The summed E-state index contributed by atoms with van der Waals surface area (Å²) in [7, 11) is 0. The first-order valence-corrected chi connectivity index (χ1v) is 7.71. The Morgan fingerprint density at radius 3 is 2.72 bits per heavy atom. The molecule has 94 valence electrons. The van der Waals surface area contributed by atoms with Crippen molar-refractivity contribution in [3.05, 3.63) is 58.6 Å². The highest BCUT2D eigenvalue weighted by Crippen LogP contribution is 2.19. The summed E-state index contributed by atoms with van der Waals surface area (Å²) in [6.45, 7) is 3.10. The summed E-state index contributed by atoms with van der Waals surface area (Å²) in [5.74, 6) is 1.07. The molecule has 1 nitrogen and oxygen atoms in total. The standard InChI is InChI=1S/C15H16BrNS/c1-12-4-2-7-15(10-12)18-9-8-17-14-6-3-5-13(16)11-14/h2-7,10-11,17H,8-9H2,1H3. The molecular weight excluding hydrogens is 306 g/mol. The minimum atomic E-state index is 0.967. The summed E-state index contributed by atoms with van der Waals surface area (Å²) >= 11 is 5.35. The van der Waals surface area contributed by atoms with Crippen molar-refractivity contribution >= 4 is 33.4 Å². The van der Waals surface area contributed by atoms with Gasteiger partial charge in [-0.05, 0) is 37.3 Å². The Morgan fingerprint density at radius 2 is 1.94 bits per heavy atom. The van der Waals surface area contributed by atoms with Crippen LogP contribution in [0.1, 0.15) is 5.56 Å². The smallest absolute Gasteiger partial charge is 0.0351 e. The minimum Gasteiger partial charge on any atom is -0.384 e. The monoisotopic (exact) mass is 321 g/mol. The van der Waals surface area contributed by atoms with E-state index < -0.39 is 0 Å². The summed E-state index contributed by atoms with van der Waals surface area (Å²) < 4.78 is 1.11. The molecule has 2 aromatic rings. The van der Waals surface area contributed by atoms with Gasteiger partial charge in [0.05, 0.1) is 0 Å². The van der Waals surface area contributed by atoms with Crippen molar-refractivity contribution < 1.29 is 0 Å². The second-order valence-corrected chi connectivity index (χ2v) is 6.19. The number of rotatable bonds is 5. The molecule has 0 aliphatic carbocycles. The summed E-state index contributed by atoms with van der Waals surface area (Å²) in [4.78, 5) is 1.34. The van der Waals surface area contributed by atoms with E-state index in [1.54, 1.807) is 0 Å². The van der Waals surface area contributed by atoms with E-state index in [1.165, 1.54) is 10.5 Å². The maximum Gasteiger partial charge on any atom is 0.0351 e. The second-order valence-electron chi connectivity index (χ2n) is 4.10. The molecule has 0 bridgehead atoms. The van der Waals surface area contributed by atoms with Gasteiger partial charge in [0, 0.05) is 27.4 Å². The topological polar surface area (TPSA) is 12.0 Å². The third kappa shape index (κ3) is 4.39. The van der Waals surface area contributed by atoms with Crippen LogP contribution in [0, 0.1) is 6.92 Å². The average Bonchev–Trinajstić information content (AvgIpc) is 2.35. The molecule has 0 saturated carbocycles. The highest BCUT2D eigenvalue weighted by molar-refractivity contribution is 9.10. The van der Waals surface area contributed by atoms with E-state index in [9.17, 15) is 0 Å². The molecule has 2 rings (SSSR count). The summed E-state index contributed by atoms with van der Waals surface area (Å²) in [6, 6.07) is 16.9. The summed E-state index contributed by atoms with van der Waals surface area (Å²) in [5, 5.41) is 3.42. The molecule has 0 saturated heterocycles. The highest BCUT2D eigenvalue weighted by atomic mass is 79.9. The number of thioether (sulfide) groups is 1. The fourth-order valence-electron chi connectivity index (χ4n) is 1.67. The van der Waals surface area contributed by atoms with Crippen LogP contribution in [0.25, 0.3) is 0 Å². The Kier molecular flexibility index (Phi) is 5.14. The van der Waals surface area contributed by atoms with Crippen molar-refractivity contribution in [2.24, 2.45) is 0 Å². The van der Waals surface area contributed by atoms with Gasteiger partial charge in [-0.2, -0.15) is 0 Å². The van der Waals surface area contributed by atoms with E-state index in [4.69, 9.17) is 0 Å². The van der Waals surface area contributed by atoms with E-state index in [-0.39, 0.29) is 0 Å². The lowest BCUT2D eigenvalue weighted by molar-refractivity contribution is 1.22. The van der Waals surface area contributed by atoms with Gasteiger partial charge in [0.1, 0.15) is 0 Å². The van der Waals surface area contributed by atoms with Crippen LogP contribution in [0.15, 0.2) is 57.9 Å². The van der Waals surface area contributed by atoms with E-state index in [0.717, 1.165) is 22.5 Å². The maximum atomic E-state index is 3.47. The molecule has 0 spiro atoms. The number of hydrogen-bond donors (Lipinski definition) is 1. The number of hydrogen-bond acceptors (Lipinski definition) is 2. The van der Waals surface area contributed by atoms with Crippen molar-refractivity contribution in [3.8, 4) is 0 Å². The van der Waals surface area contributed by atoms with Crippen molar-refractivity contribution in [2.75, 3.05) is 17.6 Å². The lowest BCUT2D eigenvalue weighted by Crippen LogP contribution is -2.03. The number of benzene rings is 2. The van der Waals surface area contributed by atoms with Gasteiger partial charge in [-0.3, -0.25) is 0 Å². The SMILES string of the molecule is Cc1cccc(SCCNc2cccc(Br)c2)c1. The van der Waals surface area contributed by atoms with Crippen molar-refractivity contribution in [1.82, 2.24) is 0 Å². The average molecular weight is 322 g/mol. The normalized spacial score (nSPS) is 10.3. The van der Waals surface area contributed by atoms with E-state index in [1.807, 2.05) is 23.9 Å². The van der Waals surface area contributed by atoms with Crippen molar-refractivity contribution in [1.29, 1.82) is 0 Å². The first-order chi connectivity index (χ1) is 8.74. The Labute approximate surface area is 121 Å². The van der Waals surface area contributed by atoms with Crippen LogP contribution in [-0.4, -0.2) is 12.3 Å². The van der Waals surface area contributed by atoms with Gasteiger partial charge in [0.15, 0.2) is 0 Å². The molecule has 0 aromatic heterocycles. The van der Waals surface area contributed by atoms with E-state index >= 15 is 0 Å². The van der Waals surface area contributed by atoms with Crippen LogP contribution < -0.4 is 5.32 Å². The number of anilines is 1. The van der Waals surface area contributed by atoms with Gasteiger partial charge >= 0.3 is 0 Å². The lowest BCUT2D eigenvalue weighted by atomic mass is 10.2. The Morgan fingerprint density at radius 1 is 1.11 bits per heavy atom. The fourth-order valence-corrected chi connectivity index (χ4v) is 2.95. The largest absolute Gasteiger partial charge is 0.384 e. The molecule has 0 atom stereocenters. The molecule has 3 heteroatoms. The molecule has 0 aliphatic rings. The fraction of sp³-hybridized carbons (Fsp3) is 0.200. The van der Waals surface area contributed by atoms with Crippen LogP contribution in [0.5, 0.6) is 0 Å². The maximum absolute atomic E-state index is 3.47. The molecule has 0 aliphatic heterocycles. The molecule has 18 heavy (non-hydrogen) atoms. The molecule has 0 radical (unpaired) electrons. The van der Waals surface area contributed by atoms with Crippen LogP contribution in [0.3, 0.4) is 0 Å². The number of halogens is 1. The van der Waals surface area contributed by atoms with E-state index in [0.29, 0.717) is 0 Å². The summed E-state index contributed by atoms with van der Waals surface area (Å²) in [5.41, 5.74) is 2.48. The summed E-state index contributed by atoms with van der Waals surface area (Å²) in [6.07, 6.45) is 0. The molecule has 0 heterocycles. The zero-order valence-electron chi connectivity index (χ0n) is 10.3.